The first-order valence-electron chi connectivity index (χ1n) is 5.37. The maximum Gasteiger partial charge on any atom is 0.265 e. The van der Waals surface area contributed by atoms with Gasteiger partial charge in [-0.2, -0.15) is 0 Å². The zero-order valence-corrected chi connectivity index (χ0v) is 9.06. The molecule has 0 aliphatic carbocycles. The van der Waals surface area contributed by atoms with Gasteiger partial charge in [0.25, 0.3) is 5.56 Å². The van der Waals surface area contributed by atoms with E-state index in [0.717, 1.165) is 30.7 Å². The molecule has 16 heavy (non-hydrogen) atoms. The largest absolute Gasteiger partial charge is 0.496 e. The van der Waals surface area contributed by atoms with E-state index in [4.69, 9.17) is 4.74 Å². The van der Waals surface area contributed by atoms with Gasteiger partial charge in [0.15, 0.2) is 0 Å². The molecule has 0 atom stereocenters. The number of hydrogen-bond acceptors (Lipinski definition) is 3. The number of rotatable bonds is 1. The lowest BCUT2D eigenvalue weighted by atomic mass is 10.2. The van der Waals surface area contributed by atoms with Crippen molar-refractivity contribution in [2.45, 2.75) is 19.4 Å². The fourth-order valence-corrected chi connectivity index (χ4v) is 2.27. The number of ether oxygens (including phenoxy) is 1. The SMILES string of the molecule is COc1cccc2nc3n(c(=O)c12)CCC3. The van der Waals surface area contributed by atoms with Crippen molar-refractivity contribution in [3.63, 3.8) is 0 Å². The summed E-state index contributed by atoms with van der Waals surface area (Å²) in [5.41, 5.74) is 0.757. The highest BCUT2D eigenvalue weighted by Crippen LogP contribution is 2.22. The van der Waals surface area contributed by atoms with Crippen molar-refractivity contribution in [3.05, 3.63) is 34.4 Å². The van der Waals surface area contributed by atoms with Gasteiger partial charge in [0, 0.05) is 13.0 Å². The number of aryl methyl sites for hydroxylation is 1. The van der Waals surface area contributed by atoms with Crippen molar-refractivity contribution in [2.24, 2.45) is 0 Å². The fourth-order valence-electron chi connectivity index (χ4n) is 2.27. The number of aromatic nitrogens is 2. The van der Waals surface area contributed by atoms with E-state index in [1.54, 1.807) is 17.7 Å². The summed E-state index contributed by atoms with van der Waals surface area (Å²) in [6, 6.07) is 5.52. The third-order valence-corrected chi connectivity index (χ3v) is 3.03. The van der Waals surface area contributed by atoms with E-state index in [0.29, 0.717) is 11.1 Å². The third-order valence-electron chi connectivity index (χ3n) is 3.03. The van der Waals surface area contributed by atoms with Crippen LogP contribution in [0.5, 0.6) is 5.75 Å². The van der Waals surface area contributed by atoms with Gasteiger partial charge in [0.05, 0.1) is 12.6 Å². The fraction of sp³-hybridized carbons (Fsp3) is 0.333. The van der Waals surface area contributed by atoms with Gasteiger partial charge < -0.3 is 4.74 Å². The van der Waals surface area contributed by atoms with E-state index >= 15 is 0 Å². The number of fused-ring (bicyclic) bond motifs is 2. The van der Waals surface area contributed by atoms with Gasteiger partial charge in [-0.15, -0.1) is 0 Å². The van der Waals surface area contributed by atoms with E-state index in [1.165, 1.54) is 0 Å². The summed E-state index contributed by atoms with van der Waals surface area (Å²) in [7, 11) is 1.58. The summed E-state index contributed by atoms with van der Waals surface area (Å²) in [6.07, 6.45) is 1.89. The molecule has 0 spiro atoms. The van der Waals surface area contributed by atoms with Crippen molar-refractivity contribution < 1.29 is 4.74 Å². The summed E-state index contributed by atoms with van der Waals surface area (Å²) in [6.45, 7) is 0.773. The quantitative estimate of drug-likeness (QED) is 0.722. The lowest BCUT2D eigenvalue weighted by Gasteiger charge is -2.07. The molecule has 0 N–H and O–H groups in total. The van der Waals surface area contributed by atoms with E-state index < -0.39 is 0 Å². The second-order valence-electron chi connectivity index (χ2n) is 3.94. The van der Waals surface area contributed by atoms with Gasteiger partial charge in [-0.1, -0.05) is 6.07 Å². The van der Waals surface area contributed by atoms with Gasteiger partial charge >= 0.3 is 0 Å². The molecule has 4 heteroatoms. The minimum atomic E-state index is 0.0231. The van der Waals surface area contributed by atoms with Crippen LogP contribution in [0.2, 0.25) is 0 Å². The molecule has 1 aliphatic heterocycles. The second-order valence-corrected chi connectivity index (χ2v) is 3.94. The molecular weight excluding hydrogens is 204 g/mol. The van der Waals surface area contributed by atoms with E-state index in [2.05, 4.69) is 4.98 Å². The molecule has 2 heterocycles. The van der Waals surface area contributed by atoms with Crippen LogP contribution >= 0.6 is 0 Å². The minimum Gasteiger partial charge on any atom is -0.496 e. The lowest BCUT2D eigenvalue weighted by Crippen LogP contribution is -2.21. The van der Waals surface area contributed by atoms with Gasteiger partial charge in [-0.05, 0) is 18.6 Å². The van der Waals surface area contributed by atoms with Crippen LogP contribution in [0.25, 0.3) is 10.9 Å². The topological polar surface area (TPSA) is 44.1 Å². The monoisotopic (exact) mass is 216 g/mol. The maximum absolute atomic E-state index is 12.2. The van der Waals surface area contributed by atoms with Crippen LogP contribution in [0.3, 0.4) is 0 Å². The Morgan fingerprint density at radius 1 is 1.44 bits per heavy atom. The molecule has 0 amide bonds. The smallest absolute Gasteiger partial charge is 0.265 e. The van der Waals surface area contributed by atoms with Crippen LogP contribution in [0, 0.1) is 0 Å². The molecule has 0 unspecified atom stereocenters. The molecule has 3 rings (SSSR count). The van der Waals surface area contributed by atoms with Gasteiger partial charge in [-0.25, -0.2) is 4.98 Å². The van der Waals surface area contributed by atoms with Crippen LogP contribution in [-0.2, 0) is 13.0 Å². The van der Waals surface area contributed by atoms with Crippen LogP contribution in [-0.4, -0.2) is 16.7 Å². The third kappa shape index (κ3) is 1.16. The van der Waals surface area contributed by atoms with Crippen molar-refractivity contribution in [3.8, 4) is 5.75 Å². The first-order chi connectivity index (χ1) is 7.81. The molecular formula is C12H12N2O2. The summed E-state index contributed by atoms with van der Waals surface area (Å²) in [4.78, 5) is 16.8. The predicted octanol–water partition coefficient (Wildman–Crippen LogP) is 1.35. The first kappa shape index (κ1) is 9.39. The van der Waals surface area contributed by atoms with Crippen LogP contribution in [0.1, 0.15) is 12.2 Å². The average Bonchev–Trinajstić information content (AvgIpc) is 2.76. The molecule has 0 saturated heterocycles. The molecule has 0 fully saturated rings. The Hall–Kier alpha value is -1.84. The van der Waals surface area contributed by atoms with E-state index in [1.807, 2.05) is 12.1 Å². The number of benzene rings is 1. The van der Waals surface area contributed by atoms with Crippen molar-refractivity contribution in [1.82, 2.24) is 9.55 Å². The standard InChI is InChI=1S/C12H12N2O2/c1-16-9-5-2-4-8-11(9)12(15)14-7-3-6-10(14)13-8/h2,4-5H,3,6-7H2,1H3. The lowest BCUT2D eigenvalue weighted by molar-refractivity contribution is 0.419. The summed E-state index contributed by atoms with van der Waals surface area (Å²) in [5.74, 6) is 1.50. The highest BCUT2D eigenvalue weighted by atomic mass is 16.5. The summed E-state index contributed by atoms with van der Waals surface area (Å²) >= 11 is 0. The van der Waals surface area contributed by atoms with E-state index in [-0.39, 0.29) is 5.56 Å². The molecule has 0 saturated carbocycles. The zero-order chi connectivity index (χ0) is 11.1. The van der Waals surface area contributed by atoms with Crippen molar-refractivity contribution in [2.75, 3.05) is 7.11 Å². The Morgan fingerprint density at radius 3 is 3.12 bits per heavy atom. The molecule has 1 aliphatic rings. The van der Waals surface area contributed by atoms with Gasteiger partial charge in [0.1, 0.15) is 17.0 Å². The molecule has 2 aromatic rings. The Bertz CT molecular complexity index is 616. The molecule has 1 aromatic carbocycles. The van der Waals surface area contributed by atoms with Gasteiger partial charge in [0.2, 0.25) is 0 Å². The molecule has 82 valence electrons. The second kappa shape index (κ2) is 3.33. The number of hydrogen-bond donors (Lipinski definition) is 0. The predicted molar refractivity (Wildman–Crippen MR) is 60.9 cm³/mol. The minimum absolute atomic E-state index is 0.0231. The summed E-state index contributed by atoms with van der Waals surface area (Å²) in [5, 5.41) is 0.593. The number of nitrogens with zero attached hydrogens (tertiary/aromatic N) is 2. The van der Waals surface area contributed by atoms with Crippen LogP contribution in [0.4, 0.5) is 0 Å². The summed E-state index contributed by atoms with van der Waals surface area (Å²) < 4.78 is 6.97. The van der Waals surface area contributed by atoms with Crippen molar-refractivity contribution >= 4 is 10.9 Å². The Morgan fingerprint density at radius 2 is 2.31 bits per heavy atom. The number of methoxy groups -OCH3 is 1. The zero-order valence-electron chi connectivity index (χ0n) is 9.06. The molecule has 1 aromatic heterocycles. The van der Waals surface area contributed by atoms with E-state index in [9.17, 15) is 4.79 Å². The van der Waals surface area contributed by atoms with Crippen LogP contribution < -0.4 is 10.3 Å². The Labute approximate surface area is 92.5 Å². The Balaban J connectivity index is 2.47. The van der Waals surface area contributed by atoms with Gasteiger partial charge in [-0.3, -0.25) is 9.36 Å². The normalized spacial score (nSPS) is 14.1. The molecule has 4 nitrogen and oxygen atoms in total. The Kier molecular flexibility index (Phi) is 1.96. The average molecular weight is 216 g/mol. The highest BCUT2D eigenvalue weighted by molar-refractivity contribution is 5.84. The first-order valence-corrected chi connectivity index (χ1v) is 5.37. The molecule has 0 radical (unpaired) electrons. The highest BCUT2D eigenvalue weighted by Gasteiger charge is 2.17. The van der Waals surface area contributed by atoms with Crippen LogP contribution in [0.15, 0.2) is 23.0 Å². The molecule has 0 bridgehead atoms. The maximum atomic E-state index is 12.2. The van der Waals surface area contributed by atoms with Crippen molar-refractivity contribution in [1.29, 1.82) is 0 Å².